The lowest BCUT2D eigenvalue weighted by Crippen LogP contribution is -2.33. The maximum absolute atomic E-state index is 12.8. The molecule has 1 aliphatic carbocycles. The van der Waals surface area contributed by atoms with Crippen LogP contribution in [-0.4, -0.2) is 25.9 Å². The van der Waals surface area contributed by atoms with Crippen molar-refractivity contribution in [1.82, 2.24) is 9.71 Å². The predicted molar refractivity (Wildman–Crippen MR) is 101 cm³/mol. The van der Waals surface area contributed by atoms with Gasteiger partial charge in [0.1, 0.15) is 5.52 Å². The van der Waals surface area contributed by atoms with Gasteiger partial charge in [-0.05, 0) is 49.2 Å². The van der Waals surface area contributed by atoms with Gasteiger partial charge in [-0.3, -0.25) is 4.79 Å². The highest BCUT2D eigenvalue weighted by molar-refractivity contribution is 7.89. The van der Waals surface area contributed by atoms with Crippen LogP contribution in [0.15, 0.2) is 51.8 Å². The molecular formula is C19H16F3N3O4S. The third kappa shape index (κ3) is 4.46. The number of alkyl halides is 3. The minimum atomic E-state index is -4.68. The first-order chi connectivity index (χ1) is 14.1. The summed E-state index contributed by atoms with van der Waals surface area (Å²) in [4.78, 5) is 15.9. The molecule has 30 heavy (non-hydrogen) atoms. The van der Waals surface area contributed by atoms with E-state index in [1.807, 2.05) is 4.72 Å². The minimum Gasteiger partial charge on any atom is -0.440 e. The maximum Gasteiger partial charge on any atom is 0.416 e. The highest BCUT2D eigenvalue weighted by Crippen LogP contribution is 2.40. The first-order valence-corrected chi connectivity index (χ1v) is 10.5. The van der Waals surface area contributed by atoms with Gasteiger partial charge >= 0.3 is 6.18 Å². The molecule has 1 aromatic heterocycles. The molecule has 0 unspecified atom stereocenters. The van der Waals surface area contributed by atoms with Crippen LogP contribution in [0.5, 0.6) is 0 Å². The molecule has 4 rings (SSSR count). The number of fused-ring (bicyclic) bond motifs is 1. The molecule has 3 aromatic rings. The van der Waals surface area contributed by atoms with Gasteiger partial charge in [0.15, 0.2) is 11.5 Å². The van der Waals surface area contributed by atoms with Crippen molar-refractivity contribution >= 4 is 32.7 Å². The van der Waals surface area contributed by atoms with E-state index in [2.05, 4.69) is 10.3 Å². The number of oxazole rings is 1. The number of hydrogen-bond donors (Lipinski definition) is 2. The van der Waals surface area contributed by atoms with Crippen molar-refractivity contribution in [2.24, 2.45) is 0 Å². The van der Waals surface area contributed by atoms with E-state index >= 15 is 0 Å². The molecule has 11 heteroatoms. The highest BCUT2D eigenvalue weighted by Gasteiger charge is 2.32. The molecule has 7 nitrogen and oxygen atoms in total. The van der Waals surface area contributed by atoms with Gasteiger partial charge in [0.05, 0.1) is 17.0 Å². The Morgan fingerprint density at radius 2 is 1.93 bits per heavy atom. The first-order valence-electron chi connectivity index (χ1n) is 8.99. The summed E-state index contributed by atoms with van der Waals surface area (Å²) in [5, 5.41) is 2.52. The van der Waals surface area contributed by atoms with Crippen molar-refractivity contribution in [2.45, 2.75) is 29.8 Å². The number of rotatable bonds is 6. The fourth-order valence-electron chi connectivity index (χ4n) is 2.82. The maximum atomic E-state index is 12.8. The number of amides is 1. The molecule has 2 N–H and O–H groups in total. The van der Waals surface area contributed by atoms with E-state index < -0.39 is 39.1 Å². The van der Waals surface area contributed by atoms with E-state index in [-0.39, 0.29) is 0 Å². The first kappa shape index (κ1) is 20.4. The SMILES string of the molecule is O=C(CNS(=O)(=O)c1cccc(C(F)(F)F)c1)Nc1ccc2oc(C3CC3)nc2c1. The van der Waals surface area contributed by atoms with Crippen LogP contribution < -0.4 is 10.0 Å². The van der Waals surface area contributed by atoms with Crippen LogP contribution in [0.25, 0.3) is 11.1 Å². The summed E-state index contributed by atoms with van der Waals surface area (Å²) in [7, 11) is -4.30. The van der Waals surface area contributed by atoms with Crippen molar-refractivity contribution in [3.8, 4) is 0 Å². The van der Waals surface area contributed by atoms with Gasteiger partial charge in [0.25, 0.3) is 0 Å². The molecule has 0 radical (unpaired) electrons. The molecule has 0 atom stereocenters. The van der Waals surface area contributed by atoms with Crippen LogP contribution in [0.1, 0.15) is 30.2 Å². The summed E-state index contributed by atoms with van der Waals surface area (Å²) in [6.07, 6.45) is -2.62. The normalized spacial score (nSPS) is 14.8. The lowest BCUT2D eigenvalue weighted by Gasteiger charge is -2.10. The van der Waals surface area contributed by atoms with Gasteiger partial charge in [-0.25, -0.2) is 18.1 Å². The Morgan fingerprint density at radius 3 is 2.63 bits per heavy atom. The van der Waals surface area contributed by atoms with Crippen molar-refractivity contribution < 1.29 is 30.8 Å². The summed E-state index contributed by atoms with van der Waals surface area (Å²) in [5.74, 6) is 0.304. The van der Waals surface area contributed by atoms with Crippen molar-refractivity contribution in [3.63, 3.8) is 0 Å². The predicted octanol–water partition coefficient (Wildman–Crippen LogP) is 3.64. The molecule has 0 aliphatic heterocycles. The quantitative estimate of drug-likeness (QED) is 0.611. The van der Waals surface area contributed by atoms with Crippen molar-refractivity contribution in [2.75, 3.05) is 11.9 Å². The Bertz CT molecular complexity index is 1220. The van der Waals surface area contributed by atoms with E-state index in [1.165, 1.54) is 0 Å². The van der Waals surface area contributed by atoms with Crippen LogP contribution in [0.2, 0.25) is 0 Å². The van der Waals surface area contributed by atoms with E-state index in [9.17, 15) is 26.4 Å². The van der Waals surface area contributed by atoms with E-state index in [4.69, 9.17) is 4.42 Å². The summed E-state index contributed by atoms with van der Waals surface area (Å²) in [6.45, 7) is -0.650. The minimum absolute atomic E-state index is 0.334. The largest absolute Gasteiger partial charge is 0.440 e. The number of hydrogen-bond acceptors (Lipinski definition) is 5. The number of halogens is 3. The lowest BCUT2D eigenvalue weighted by molar-refractivity contribution is -0.137. The summed E-state index contributed by atoms with van der Waals surface area (Å²) in [5.41, 5.74) is 0.446. The van der Waals surface area contributed by atoms with Gasteiger partial charge in [-0.1, -0.05) is 6.07 Å². The number of anilines is 1. The Balaban J connectivity index is 1.41. The topological polar surface area (TPSA) is 101 Å². The van der Waals surface area contributed by atoms with Crippen molar-refractivity contribution in [3.05, 3.63) is 53.9 Å². The zero-order valence-electron chi connectivity index (χ0n) is 15.4. The second-order valence-electron chi connectivity index (χ2n) is 6.91. The Hall–Kier alpha value is -2.92. The van der Waals surface area contributed by atoms with E-state index in [1.54, 1.807) is 18.2 Å². The molecule has 1 heterocycles. The van der Waals surface area contributed by atoms with Crippen LogP contribution in [0.3, 0.4) is 0 Å². The average molecular weight is 439 g/mol. The number of aromatic nitrogens is 1. The number of sulfonamides is 1. The standard InChI is InChI=1S/C19H16F3N3O4S/c20-19(21,22)12-2-1-3-14(8-12)30(27,28)23-10-17(26)24-13-6-7-16-15(9-13)25-18(29-16)11-4-5-11/h1-3,6-9,11,23H,4-5,10H2,(H,24,26). The van der Waals surface area contributed by atoms with Crippen molar-refractivity contribution in [1.29, 1.82) is 0 Å². The Kier molecular flexibility index (Phi) is 5.02. The van der Waals surface area contributed by atoms with Gasteiger partial charge in [0, 0.05) is 11.6 Å². The van der Waals surface area contributed by atoms with Crippen LogP contribution in [0, 0.1) is 0 Å². The molecule has 1 amide bonds. The number of benzene rings is 2. The Labute approximate surface area is 169 Å². The molecular weight excluding hydrogens is 423 g/mol. The molecule has 0 spiro atoms. The molecule has 1 saturated carbocycles. The fraction of sp³-hybridized carbons (Fsp3) is 0.263. The van der Waals surface area contributed by atoms with E-state index in [0.717, 1.165) is 31.0 Å². The van der Waals surface area contributed by atoms with Gasteiger partial charge < -0.3 is 9.73 Å². The molecule has 1 aliphatic rings. The molecule has 158 valence electrons. The van der Waals surface area contributed by atoms with Crippen LogP contribution in [-0.2, 0) is 21.0 Å². The van der Waals surface area contributed by atoms with Gasteiger partial charge in [-0.15, -0.1) is 0 Å². The highest BCUT2D eigenvalue weighted by atomic mass is 32.2. The number of carbonyl (C=O) groups excluding carboxylic acids is 1. The Morgan fingerprint density at radius 1 is 1.17 bits per heavy atom. The van der Waals surface area contributed by atoms with Crippen LogP contribution in [0.4, 0.5) is 18.9 Å². The molecule has 2 aromatic carbocycles. The average Bonchev–Trinajstić information content (AvgIpc) is 3.45. The van der Waals surface area contributed by atoms with E-state index in [0.29, 0.717) is 34.7 Å². The summed E-state index contributed by atoms with van der Waals surface area (Å²) >= 11 is 0. The van der Waals surface area contributed by atoms with Gasteiger partial charge in [-0.2, -0.15) is 13.2 Å². The second kappa shape index (κ2) is 7.40. The van der Waals surface area contributed by atoms with Crippen LogP contribution >= 0.6 is 0 Å². The third-order valence-electron chi connectivity index (χ3n) is 4.51. The number of nitrogens with zero attached hydrogens (tertiary/aromatic N) is 1. The number of nitrogens with one attached hydrogen (secondary N) is 2. The third-order valence-corrected chi connectivity index (χ3v) is 5.91. The zero-order chi connectivity index (χ0) is 21.5. The zero-order valence-corrected chi connectivity index (χ0v) is 16.2. The van der Waals surface area contributed by atoms with Gasteiger partial charge in [0.2, 0.25) is 15.9 Å². The smallest absolute Gasteiger partial charge is 0.416 e. The monoisotopic (exact) mass is 439 g/mol. The second-order valence-corrected chi connectivity index (χ2v) is 8.67. The molecule has 1 fully saturated rings. The number of carbonyl (C=O) groups is 1. The lowest BCUT2D eigenvalue weighted by atomic mass is 10.2. The molecule has 0 bridgehead atoms. The summed E-state index contributed by atoms with van der Waals surface area (Å²) < 4.78 is 70.4. The fourth-order valence-corrected chi connectivity index (χ4v) is 3.84. The summed E-state index contributed by atoms with van der Waals surface area (Å²) in [6, 6.07) is 8.12. The molecule has 0 saturated heterocycles.